The molecule has 1 aliphatic rings. The summed E-state index contributed by atoms with van der Waals surface area (Å²) in [5, 5.41) is 29.0. The van der Waals surface area contributed by atoms with E-state index in [9.17, 15) is 15.0 Å². The minimum atomic E-state index is -1.55. The van der Waals surface area contributed by atoms with E-state index in [-0.39, 0.29) is 18.1 Å². The van der Waals surface area contributed by atoms with Crippen LogP contribution in [0.1, 0.15) is 104 Å². The molecular formula is C24H44O7. The second-order valence-corrected chi connectivity index (χ2v) is 9.06. The molecular weight excluding hydrogens is 400 g/mol. The second-order valence-electron chi connectivity index (χ2n) is 9.06. The number of carbonyl (C=O) groups excluding carboxylic acids is 1. The largest absolute Gasteiger partial charge is 0.490 e. The van der Waals surface area contributed by atoms with Crippen LogP contribution in [-0.2, 0) is 19.2 Å². The van der Waals surface area contributed by atoms with Crippen LogP contribution in [0.25, 0.3) is 0 Å². The summed E-state index contributed by atoms with van der Waals surface area (Å²) >= 11 is 0. The lowest BCUT2D eigenvalue weighted by molar-refractivity contribution is -0.211. The van der Waals surface area contributed by atoms with Crippen molar-refractivity contribution < 1.29 is 34.6 Å². The van der Waals surface area contributed by atoms with Crippen LogP contribution in [0.5, 0.6) is 0 Å². The molecule has 0 radical (unpaired) electrons. The van der Waals surface area contributed by atoms with Gasteiger partial charge in [-0.25, -0.2) is 10.1 Å². The minimum absolute atomic E-state index is 0.0293. The number of hydrogen-bond donors (Lipinski definition) is 3. The van der Waals surface area contributed by atoms with Crippen molar-refractivity contribution in [3.05, 3.63) is 11.5 Å². The number of carbonyl (C=O) groups is 1. The standard InChI is InChI=1S/C24H44O7/c1-4-5-6-7-8-9-10-11-12-13-14-15-16-29-22-21(31-28)23(27)30-24(22,17-19(2)3)20(26)18-25/h19-20,25-26,28H,4-18H2,1-3H3/t20-,24+/m0/s1. The summed E-state index contributed by atoms with van der Waals surface area (Å²) in [6, 6.07) is 0. The average Bonchev–Trinajstić information content (AvgIpc) is 3.01. The number of rotatable bonds is 19. The third-order valence-electron chi connectivity index (χ3n) is 5.81. The van der Waals surface area contributed by atoms with E-state index in [0.717, 1.165) is 19.3 Å². The first-order valence-electron chi connectivity index (χ1n) is 12.1. The van der Waals surface area contributed by atoms with Crippen LogP contribution in [-0.4, -0.2) is 46.4 Å². The maximum atomic E-state index is 12.1. The molecule has 182 valence electrons. The van der Waals surface area contributed by atoms with Crippen LogP contribution in [0.4, 0.5) is 0 Å². The highest BCUT2D eigenvalue weighted by Gasteiger charge is 2.56. The molecule has 7 nitrogen and oxygen atoms in total. The van der Waals surface area contributed by atoms with Gasteiger partial charge in [0.25, 0.3) is 5.76 Å². The fourth-order valence-corrected chi connectivity index (χ4v) is 4.17. The summed E-state index contributed by atoms with van der Waals surface area (Å²) in [6.45, 7) is 5.75. The fraction of sp³-hybridized carbons (Fsp3) is 0.875. The molecule has 0 saturated heterocycles. The highest BCUT2D eigenvalue weighted by molar-refractivity contribution is 5.90. The van der Waals surface area contributed by atoms with Crippen molar-refractivity contribution in [3.63, 3.8) is 0 Å². The Labute approximate surface area is 187 Å². The Kier molecular flexibility index (Phi) is 13.8. The van der Waals surface area contributed by atoms with Gasteiger partial charge in [-0.3, -0.25) is 0 Å². The van der Waals surface area contributed by atoms with Crippen molar-refractivity contribution >= 4 is 5.97 Å². The molecule has 3 N–H and O–H groups in total. The molecule has 31 heavy (non-hydrogen) atoms. The third-order valence-corrected chi connectivity index (χ3v) is 5.81. The van der Waals surface area contributed by atoms with Gasteiger partial charge in [-0.15, -0.1) is 0 Å². The van der Waals surface area contributed by atoms with Crippen LogP contribution < -0.4 is 0 Å². The summed E-state index contributed by atoms with van der Waals surface area (Å²) in [4.78, 5) is 16.3. The minimum Gasteiger partial charge on any atom is -0.490 e. The topological polar surface area (TPSA) is 105 Å². The Morgan fingerprint density at radius 1 is 0.935 bits per heavy atom. The first-order valence-corrected chi connectivity index (χ1v) is 12.1. The van der Waals surface area contributed by atoms with Gasteiger partial charge in [0.15, 0.2) is 5.76 Å². The number of esters is 1. The Hall–Kier alpha value is -1.31. The molecule has 0 amide bonds. The van der Waals surface area contributed by atoms with Crippen molar-refractivity contribution in [2.24, 2.45) is 5.92 Å². The molecule has 0 aromatic rings. The van der Waals surface area contributed by atoms with E-state index in [1.165, 1.54) is 57.8 Å². The molecule has 2 atom stereocenters. The van der Waals surface area contributed by atoms with Gasteiger partial charge in [-0.1, -0.05) is 91.4 Å². The molecule has 0 saturated carbocycles. The van der Waals surface area contributed by atoms with Crippen molar-refractivity contribution in [1.29, 1.82) is 0 Å². The molecule has 1 rings (SSSR count). The second kappa shape index (κ2) is 15.5. The first kappa shape index (κ1) is 27.7. The monoisotopic (exact) mass is 444 g/mol. The number of aliphatic hydroxyl groups is 2. The van der Waals surface area contributed by atoms with E-state index >= 15 is 0 Å². The van der Waals surface area contributed by atoms with Crippen LogP contribution in [0.15, 0.2) is 11.5 Å². The summed E-state index contributed by atoms with van der Waals surface area (Å²) in [6.07, 6.45) is 13.5. The third kappa shape index (κ3) is 8.99. The van der Waals surface area contributed by atoms with Gasteiger partial charge in [0.05, 0.1) is 13.2 Å². The van der Waals surface area contributed by atoms with E-state index in [2.05, 4.69) is 11.8 Å². The normalized spacial score (nSPS) is 19.8. The summed E-state index contributed by atoms with van der Waals surface area (Å²) < 4.78 is 11.1. The van der Waals surface area contributed by atoms with E-state index < -0.39 is 30.0 Å². The Balaban J connectivity index is 2.39. The molecule has 0 aliphatic carbocycles. The van der Waals surface area contributed by atoms with E-state index in [0.29, 0.717) is 6.61 Å². The van der Waals surface area contributed by atoms with Crippen LogP contribution in [0, 0.1) is 5.92 Å². The van der Waals surface area contributed by atoms with Gasteiger partial charge in [0.1, 0.15) is 6.10 Å². The maximum Gasteiger partial charge on any atom is 0.382 e. The van der Waals surface area contributed by atoms with Gasteiger partial charge in [-0.05, 0) is 18.8 Å². The average molecular weight is 445 g/mol. The Morgan fingerprint density at radius 2 is 1.45 bits per heavy atom. The molecule has 0 unspecified atom stereocenters. The number of hydrogen-bond acceptors (Lipinski definition) is 7. The van der Waals surface area contributed by atoms with Gasteiger partial charge in [0.2, 0.25) is 5.60 Å². The molecule has 0 fully saturated rings. The molecule has 7 heteroatoms. The van der Waals surface area contributed by atoms with Gasteiger partial charge in [0, 0.05) is 0 Å². The molecule has 0 aromatic heterocycles. The number of cyclic esters (lactones) is 1. The highest BCUT2D eigenvalue weighted by Crippen LogP contribution is 2.41. The van der Waals surface area contributed by atoms with E-state index in [4.69, 9.17) is 14.7 Å². The predicted octanol–water partition coefficient (Wildman–Crippen LogP) is 5.10. The van der Waals surface area contributed by atoms with Gasteiger partial charge >= 0.3 is 5.97 Å². The first-order chi connectivity index (χ1) is 14.9. The van der Waals surface area contributed by atoms with Crippen LogP contribution >= 0.6 is 0 Å². The smallest absolute Gasteiger partial charge is 0.382 e. The zero-order chi connectivity index (χ0) is 23.1. The highest BCUT2D eigenvalue weighted by atomic mass is 17.1. The van der Waals surface area contributed by atoms with E-state index in [1.807, 2.05) is 13.8 Å². The van der Waals surface area contributed by atoms with Crippen LogP contribution in [0.3, 0.4) is 0 Å². The molecule has 0 aromatic carbocycles. The lowest BCUT2D eigenvalue weighted by Crippen LogP contribution is -2.48. The van der Waals surface area contributed by atoms with Crippen molar-refractivity contribution in [3.8, 4) is 0 Å². The number of aliphatic hydroxyl groups excluding tert-OH is 2. The van der Waals surface area contributed by atoms with E-state index in [1.54, 1.807) is 0 Å². The SMILES string of the molecule is CCCCCCCCCCCCCCOC1=C(OO)C(=O)O[C@]1(CC(C)C)[C@@H](O)CO. The lowest BCUT2D eigenvalue weighted by atomic mass is 9.85. The van der Waals surface area contributed by atoms with Crippen LogP contribution in [0.2, 0.25) is 0 Å². The Bertz CT molecular complexity index is 532. The molecule has 1 aliphatic heterocycles. The van der Waals surface area contributed by atoms with Crippen molar-refractivity contribution in [1.82, 2.24) is 0 Å². The zero-order valence-electron chi connectivity index (χ0n) is 19.7. The van der Waals surface area contributed by atoms with Gasteiger partial charge < -0.3 is 24.6 Å². The summed E-state index contributed by atoms with van der Waals surface area (Å²) in [7, 11) is 0. The fourth-order valence-electron chi connectivity index (χ4n) is 4.17. The number of unbranched alkanes of at least 4 members (excludes halogenated alkanes) is 11. The van der Waals surface area contributed by atoms with Gasteiger partial charge in [-0.2, -0.15) is 0 Å². The quantitative estimate of drug-likeness (QED) is 0.110. The van der Waals surface area contributed by atoms with Crippen molar-refractivity contribution in [2.45, 2.75) is 116 Å². The zero-order valence-corrected chi connectivity index (χ0v) is 19.7. The summed E-state index contributed by atoms with van der Waals surface area (Å²) in [5.41, 5.74) is -1.55. The summed E-state index contributed by atoms with van der Waals surface area (Å²) in [5.74, 6) is -1.34. The molecule has 0 bridgehead atoms. The lowest BCUT2D eigenvalue weighted by Gasteiger charge is -2.34. The maximum absolute atomic E-state index is 12.1. The number of ether oxygens (including phenoxy) is 2. The molecule has 0 spiro atoms. The Morgan fingerprint density at radius 3 is 1.90 bits per heavy atom. The van der Waals surface area contributed by atoms with Crippen molar-refractivity contribution in [2.75, 3.05) is 13.2 Å². The predicted molar refractivity (Wildman–Crippen MR) is 119 cm³/mol. The molecule has 1 heterocycles.